The molecule has 0 bridgehead atoms. The molecule has 1 aromatic rings. The second-order valence-corrected chi connectivity index (χ2v) is 5.06. The molecule has 1 amide bonds. The number of pyridine rings is 1. The summed E-state index contributed by atoms with van der Waals surface area (Å²) in [7, 11) is 0. The van der Waals surface area contributed by atoms with Gasteiger partial charge in [0.15, 0.2) is 0 Å². The second-order valence-electron chi connectivity index (χ2n) is 4.23. The average Bonchev–Trinajstić information content (AvgIpc) is 2.37. The highest BCUT2D eigenvalue weighted by Gasteiger charge is 2.14. The molecule has 0 fully saturated rings. The zero-order valence-corrected chi connectivity index (χ0v) is 11.7. The van der Waals surface area contributed by atoms with E-state index in [0.29, 0.717) is 11.5 Å². The molecule has 0 saturated heterocycles. The minimum atomic E-state index is -0.0181. The molecular weight excluding hydrogens is 232 g/mol. The molecular formula is C13H20N2OS. The van der Waals surface area contributed by atoms with Gasteiger partial charge < -0.3 is 5.32 Å². The molecule has 3 nitrogen and oxygen atoms in total. The highest BCUT2D eigenvalue weighted by atomic mass is 32.2. The zero-order valence-electron chi connectivity index (χ0n) is 10.9. The summed E-state index contributed by atoms with van der Waals surface area (Å²) in [6.07, 6.45) is 4.69. The molecule has 2 unspecified atom stereocenters. The van der Waals surface area contributed by atoms with Gasteiger partial charge in [0.25, 0.3) is 5.91 Å². The second kappa shape index (κ2) is 6.64. The molecule has 0 saturated carbocycles. The molecule has 1 heterocycles. The van der Waals surface area contributed by atoms with Gasteiger partial charge in [0, 0.05) is 17.8 Å². The fraction of sp³-hybridized carbons (Fsp3) is 0.538. The minimum absolute atomic E-state index is 0.0181. The number of hydrogen-bond acceptors (Lipinski definition) is 3. The molecule has 1 aromatic heterocycles. The van der Waals surface area contributed by atoms with Crippen LogP contribution in [0.2, 0.25) is 0 Å². The van der Waals surface area contributed by atoms with Gasteiger partial charge in [-0.3, -0.25) is 4.79 Å². The number of carbonyl (C=O) groups excluding carboxylic acids is 1. The van der Waals surface area contributed by atoms with E-state index in [2.05, 4.69) is 24.1 Å². The first-order valence-corrected chi connectivity index (χ1v) is 7.11. The number of thioether (sulfide) groups is 1. The third-order valence-electron chi connectivity index (χ3n) is 3.06. The van der Waals surface area contributed by atoms with Gasteiger partial charge in [-0.1, -0.05) is 20.3 Å². The molecule has 17 heavy (non-hydrogen) atoms. The van der Waals surface area contributed by atoms with Crippen LogP contribution in [0.5, 0.6) is 0 Å². The highest BCUT2D eigenvalue weighted by Crippen LogP contribution is 2.13. The number of amides is 1. The Hall–Kier alpha value is -1.03. The number of nitrogens with one attached hydrogen (secondary N) is 1. The quantitative estimate of drug-likeness (QED) is 0.819. The number of hydrogen-bond donors (Lipinski definition) is 1. The lowest BCUT2D eigenvalue weighted by atomic mass is 10.0. The summed E-state index contributed by atoms with van der Waals surface area (Å²) in [4.78, 5) is 16.1. The molecule has 0 spiro atoms. The van der Waals surface area contributed by atoms with Crippen molar-refractivity contribution in [3.63, 3.8) is 0 Å². The Bertz CT molecular complexity index is 381. The third kappa shape index (κ3) is 4.04. The van der Waals surface area contributed by atoms with Crippen LogP contribution in [0.25, 0.3) is 0 Å². The maximum atomic E-state index is 12.0. The van der Waals surface area contributed by atoms with Gasteiger partial charge in [-0.2, -0.15) is 0 Å². The molecule has 94 valence electrons. The molecule has 1 N–H and O–H groups in total. The maximum absolute atomic E-state index is 12.0. The first-order chi connectivity index (χ1) is 8.08. The van der Waals surface area contributed by atoms with Gasteiger partial charge in [-0.05, 0) is 31.2 Å². The fourth-order valence-corrected chi connectivity index (χ4v) is 1.86. The van der Waals surface area contributed by atoms with Crippen LogP contribution in [0.1, 0.15) is 37.6 Å². The van der Waals surface area contributed by atoms with E-state index in [1.807, 2.05) is 19.2 Å². The summed E-state index contributed by atoms with van der Waals surface area (Å²) in [6.45, 7) is 6.32. The lowest BCUT2D eigenvalue weighted by Crippen LogP contribution is -2.36. The lowest BCUT2D eigenvalue weighted by Gasteiger charge is -2.19. The fourth-order valence-electron chi connectivity index (χ4n) is 1.45. The van der Waals surface area contributed by atoms with E-state index in [0.717, 1.165) is 11.4 Å². The van der Waals surface area contributed by atoms with Gasteiger partial charge in [-0.15, -0.1) is 11.8 Å². The summed E-state index contributed by atoms with van der Waals surface area (Å²) in [5.41, 5.74) is 0.680. The summed E-state index contributed by atoms with van der Waals surface area (Å²) >= 11 is 1.54. The monoisotopic (exact) mass is 252 g/mol. The highest BCUT2D eigenvalue weighted by molar-refractivity contribution is 7.98. The maximum Gasteiger partial charge on any atom is 0.251 e. The normalized spacial score (nSPS) is 14.1. The van der Waals surface area contributed by atoms with Crippen LogP contribution < -0.4 is 5.32 Å². The van der Waals surface area contributed by atoms with Gasteiger partial charge in [0.1, 0.15) is 0 Å². The minimum Gasteiger partial charge on any atom is -0.349 e. The Morgan fingerprint density at radius 1 is 1.53 bits per heavy atom. The molecule has 0 aliphatic heterocycles. The molecule has 0 aromatic carbocycles. The van der Waals surface area contributed by atoms with Crippen LogP contribution in [-0.2, 0) is 0 Å². The Kier molecular flexibility index (Phi) is 5.48. The average molecular weight is 252 g/mol. The van der Waals surface area contributed by atoms with E-state index >= 15 is 0 Å². The number of rotatable bonds is 5. The third-order valence-corrected chi connectivity index (χ3v) is 3.70. The van der Waals surface area contributed by atoms with Crippen molar-refractivity contribution in [3.8, 4) is 0 Å². The first-order valence-electron chi connectivity index (χ1n) is 5.89. The summed E-state index contributed by atoms with van der Waals surface area (Å²) in [5, 5.41) is 3.89. The number of aromatic nitrogens is 1. The molecule has 0 aliphatic carbocycles. The van der Waals surface area contributed by atoms with Gasteiger partial charge >= 0.3 is 0 Å². The van der Waals surface area contributed by atoms with Gasteiger partial charge in [0.2, 0.25) is 0 Å². The largest absolute Gasteiger partial charge is 0.349 e. The van der Waals surface area contributed by atoms with Crippen molar-refractivity contribution in [1.29, 1.82) is 0 Å². The van der Waals surface area contributed by atoms with Gasteiger partial charge in [0.05, 0.1) is 5.03 Å². The standard InChI is InChI=1S/C13H20N2OS/c1-5-9(2)10(3)15-13(16)11-6-7-14-12(8-11)17-4/h6-10H,5H2,1-4H3,(H,15,16). The predicted octanol–water partition coefficient (Wildman–Crippen LogP) is 2.97. The van der Waals surface area contributed by atoms with E-state index in [1.54, 1.807) is 12.3 Å². The Morgan fingerprint density at radius 2 is 2.24 bits per heavy atom. The van der Waals surface area contributed by atoms with E-state index in [-0.39, 0.29) is 11.9 Å². The van der Waals surface area contributed by atoms with Crippen LogP contribution in [0.4, 0.5) is 0 Å². The van der Waals surface area contributed by atoms with Crippen LogP contribution in [0, 0.1) is 5.92 Å². The van der Waals surface area contributed by atoms with Gasteiger partial charge in [-0.25, -0.2) is 4.98 Å². The molecule has 4 heteroatoms. The van der Waals surface area contributed by atoms with Crippen molar-refractivity contribution >= 4 is 17.7 Å². The van der Waals surface area contributed by atoms with Crippen LogP contribution in [0.15, 0.2) is 23.4 Å². The van der Waals surface area contributed by atoms with E-state index in [1.165, 1.54) is 11.8 Å². The molecule has 0 radical (unpaired) electrons. The molecule has 0 aliphatic rings. The molecule has 1 rings (SSSR count). The Balaban J connectivity index is 2.69. The van der Waals surface area contributed by atoms with Crippen molar-refractivity contribution in [2.24, 2.45) is 5.92 Å². The smallest absolute Gasteiger partial charge is 0.251 e. The van der Waals surface area contributed by atoms with E-state index in [4.69, 9.17) is 0 Å². The lowest BCUT2D eigenvalue weighted by molar-refractivity contribution is 0.0927. The Morgan fingerprint density at radius 3 is 2.82 bits per heavy atom. The first kappa shape index (κ1) is 14.0. The zero-order chi connectivity index (χ0) is 12.8. The van der Waals surface area contributed by atoms with Crippen molar-refractivity contribution in [2.75, 3.05) is 6.26 Å². The topological polar surface area (TPSA) is 42.0 Å². The predicted molar refractivity (Wildman–Crippen MR) is 72.4 cm³/mol. The number of nitrogens with zero attached hydrogens (tertiary/aromatic N) is 1. The summed E-state index contributed by atoms with van der Waals surface area (Å²) < 4.78 is 0. The van der Waals surface area contributed by atoms with Crippen LogP contribution in [-0.4, -0.2) is 23.2 Å². The summed E-state index contributed by atoms with van der Waals surface area (Å²) in [5.74, 6) is 0.469. The van der Waals surface area contributed by atoms with Crippen molar-refractivity contribution < 1.29 is 4.79 Å². The van der Waals surface area contributed by atoms with E-state index < -0.39 is 0 Å². The molecule has 2 atom stereocenters. The van der Waals surface area contributed by atoms with Crippen molar-refractivity contribution in [2.45, 2.75) is 38.3 Å². The van der Waals surface area contributed by atoms with Crippen LogP contribution in [0.3, 0.4) is 0 Å². The summed E-state index contributed by atoms with van der Waals surface area (Å²) in [6, 6.07) is 3.76. The Labute approximate surface area is 107 Å². The van der Waals surface area contributed by atoms with E-state index in [9.17, 15) is 4.79 Å². The SMILES string of the molecule is CCC(C)C(C)NC(=O)c1ccnc(SC)c1. The number of carbonyl (C=O) groups is 1. The van der Waals surface area contributed by atoms with Crippen LogP contribution >= 0.6 is 11.8 Å². The van der Waals surface area contributed by atoms with Crippen molar-refractivity contribution in [1.82, 2.24) is 10.3 Å². The van der Waals surface area contributed by atoms with Crippen molar-refractivity contribution in [3.05, 3.63) is 23.9 Å².